The molecular formula is C20H30ClOP. The summed E-state index contributed by atoms with van der Waals surface area (Å²) in [7, 11) is 0. The molecule has 0 N–H and O–H groups in total. The van der Waals surface area contributed by atoms with Gasteiger partial charge in [0, 0.05) is 10.3 Å². The zero-order chi connectivity index (χ0) is 15.4. The van der Waals surface area contributed by atoms with Crippen molar-refractivity contribution in [1.82, 2.24) is 0 Å². The first-order chi connectivity index (χ1) is 11.0. The molecule has 23 heavy (non-hydrogen) atoms. The van der Waals surface area contributed by atoms with Gasteiger partial charge in [0.2, 0.25) is 0 Å². The Morgan fingerprint density at radius 2 is 0.783 bits per heavy atom. The topological polar surface area (TPSA) is 17.1 Å². The molecule has 1 nitrogen and oxygen atoms in total. The molecule has 0 aliphatic heterocycles. The second kappa shape index (κ2) is 4.43. The lowest BCUT2D eigenvalue weighted by atomic mass is 9.55. The van der Waals surface area contributed by atoms with Gasteiger partial charge in [-0.15, -0.1) is 0 Å². The molecule has 8 fully saturated rings. The van der Waals surface area contributed by atoms with E-state index < -0.39 is 6.49 Å². The van der Waals surface area contributed by atoms with Gasteiger partial charge in [0.25, 0.3) is 0 Å². The van der Waals surface area contributed by atoms with Crippen LogP contribution in [-0.4, -0.2) is 10.3 Å². The van der Waals surface area contributed by atoms with Gasteiger partial charge in [-0.1, -0.05) is 11.2 Å². The SMILES string of the molecule is O=P(Cl)(C12CC3CC(CC(C3)C1)C2)C12CC3CC(CC(C3)C1)C2. The van der Waals surface area contributed by atoms with Crippen LogP contribution in [0.3, 0.4) is 0 Å². The molecule has 8 aliphatic rings. The molecule has 8 saturated carbocycles. The molecule has 0 aromatic rings. The van der Waals surface area contributed by atoms with Gasteiger partial charge in [-0.05, 0) is 113 Å². The van der Waals surface area contributed by atoms with Crippen LogP contribution >= 0.6 is 17.7 Å². The largest absolute Gasteiger partial charge is 0.305 e. The van der Waals surface area contributed by atoms with Gasteiger partial charge in [0.1, 0.15) is 0 Å². The van der Waals surface area contributed by atoms with Crippen LogP contribution in [0.25, 0.3) is 0 Å². The molecule has 0 aromatic carbocycles. The van der Waals surface area contributed by atoms with E-state index in [1.165, 1.54) is 77.0 Å². The molecular weight excluding hydrogens is 323 g/mol. The minimum Gasteiger partial charge on any atom is -0.305 e. The molecule has 0 atom stereocenters. The Bertz CT molecular complexity index is 478. The smallest absolute Gasteiger partial charge is 0.181 e. The maximum absolute atomic E-state index is 14.5. The van der Waals surface area contributed by atoms with Crippen LogP contribution in [0, 0.1) is 35.5 Å². The second-order valence-corrected chi connectivity index (χ2v) is 15.2. The van der Waals surface area contributed by atoms with Crippen molar-refractivity contribution in [3.63, 3.8) is 0 Å². The third-order valence-electron chi connectivity index (χ3n) is 9.23. The molecule has 8 aliphatic carbocycles. The Morgan fingerprint density at radius 3 is 1.00 bits per heavy atom. The average molecular weight is 353 g/mol. The first kappa shape index (κ1) is 14.7. The van der Waals surface area contributed by atoms with E-state index in [1.54, 1.807) is 0 Å². The predicted octanol–water partition coefficient (Wildman–Crippen LogP) is 6.44. The third-order valence-corrected chi connectivity index (χ3v) is 14.9. The van der Waals surface area contributed by atoms with Gasteiger partial charge in [-0.25, -0.2) is 0 Å². The van der Waals surface area contributed by atoms with Gasteiger partial charge in [-0.2, -0.15) is 0 Å². The summed E-state index contributed by atoms with van der Waals surface area (Å²) in [5, 5.41) is 0.129. The Labute approximate surface area is 145 Å². The van der Waals surface area contributed by atoms with Crippen LogP contribution in [0.2, 0.25) is 0 Å². The second-order valence-electron chi connectivity index (χ2n) is 10.8. The summed E-state index contributed by atoms with van der Waals surface area (Å²) in [5.41, 5.74) is 0. The Morgan fingerprint density at radius 1 is 0.565 bits per heavy atom. The molecule has 0 saturated heterocycles. The fourth-order valence-corrected chi connectivity index (χ4v) is 14.5. The van der Waals surface area contributed by atoms with Crippen LogP contribution in [0.4, 0.5) is 0 Å². The molecule has 0 radical (unpaired) electrons. The molecule has 0 heterocycles. The highest BCUT2D eigenvalue weighted by molar-refractivity contribution is 7.91. The van der Waals surface area contributed by atoms with E-state index in [-0.39, 0.29) is 10.3 Å². The molecule has 8 bridgehead atoms. The highest BCUT2D eigenvalue weighted by Gasteiger charge is 2.68. The van der Waals surface area contributed by atoms with Gasteiger partial charge in [-0.3, -0.25) is 0 Å². The summed E-state index contributed by atoms with van der Waals surface area (Å²) in [4.78, 5) is 0. The number of halogens is 1. The zero-order valence-corrected chi connectivity index (χ0v) is 15.8. The van der Waals surface area contributed by atoms with Crippen molar-refractivity contribution in [3.05, 3.63) is 0 Å². The highest BCUT2D eigenvalue weighted by Crippen LogP contribution is 2.85. The van der Waals surface area contributed by atoms with Crippen molar-refractivity contribution in [2.45, 2.75) is 87.4 Å². The van der Waals surface area contributed by atoms with Gasteiger partial charge in [0.05, 0.1) is 0 Å². The third kappa shape index (κ3) is 1.80. The van der Waals surface area contributed by atoms with Crippen molar-refractivity contribution in [2.75, 3.05) is 0 Å². The van der Waals surface area contributed by atoms with Crippen LogP contribution in [0.15, 0.2) is 0 Å². The Kier molecular flexibility index (Phi) is 2.82. The Balaban J connectivity index is 1.42. The lowest BCUT2D eigenvalue weighted by Crippen LogP contribution is -2.56. The number of hydrogen-bond acceptors (Lipinski definition) is 1. The van der Waals surface area contributed by atoms with Crippen molar-refractivity contribution in [2.24, 2.45) is 35.5 Å². The molecule has 8 rings (SSSR count). The Hall–Kier alpha value is 0.520. The number of hydrogen-bond donors (Lipinski definition) is 0. The average Bonchev–Trinajstić information content (AvgIpc) is 2.44. The zero-order valence-electron chi connectivity index (χ0n) is 14.2. The predicted molar refractivity (Wildman–Crippen MR) is 95.3 cm³/mol. The maximum Gasteiger partial charge on any atom is 0.181 e. The molecule has 0 amide bonds. The van der Waals surface area contributed by atoms with Crippen LogP contribution in [-0.2, 0) is 4.57 Å². The lowest BCUT2D eigenvalue weighted by Gasteiger charge is -2.65. The lowest BCUT2D eigenvalue weighted by molar-refractivity contribution is 0.0153. The normalized spacial score (nSPS) is 61.8. The van der Waals surface area contributed by atoms with E-state index in [2.05, 4.69) is 0 Å². The van der Waals surface area contributed by atoms with Crippen molar-refractivity contribution >= 4 is 17.7 Å². The molecule has 0 unspecified atom stereocenters. The molecule has 0 aromatic heterocycles. The number of rotatable bonds is 2. The van der Waals surface area contributed by atoms with Crippen LogP contribution < -0.4 is 0 Å². The summed E-state index contributed by atoms with van der Waals surface area (Å²) in [6.45, 7) is -2.62. The van der Waals surface area contributed by atoms with E-state index >= 15 is 0 Å². The van der Waals surface area contributed by atoms with Crippen molar-refractivity contribution < 1.29 is 4.57 Å². The quantitative estimate of drug-likeness (QED) is 0.522. The van der Waals surface area contributed by atoms with Crippen LogP contribution in [0.1, 0.15) is 77.0 Å². The fourth-order valence-electron chi connectivity index (χ4n) is 9.34. The maximum atomic E-state index is 14.5. The first-order valence-corrected chi connectivity index (χ1v) is 12.9. The van der Waals surface area contributed by atoms with E-state index in [9.17, 15) is 4.57 Å². The fraction of sp³-hybridized carbons (Fsp3) is 1.00. The van der Waals surface area contributed by atoms with Crippen molar-refractivity contribution in [3.8, 4) is 0 Å². The highest BCUT2D eigenvalue weighted by atomic mass is 35.7. The van der Waals surface area contributed by atoms with Crippen molar-refractivity contribution in [1.29, 1.82) is 0 Å². The van der Waals surface area contributed by atoms with Gasteiger partial charge >= 0.3 is 0 Å². The van der Waals surface area contributed by atoms with E-state index in [4.69, 9.17) is 11.2 Å². The minimum atomic E-state index is -2.62. The summed E-state index contributed by atoms with van der Waals surface area (Å²) in [6, 6.07) is 0. The van der Waals surface area contributed by atoms with E-state index in [0.717, 1.165) is 35.5 Å². The van der Waals surface area contributed by atoms with Gasteiger partial charge < -0.3 is 4.57 Å². The van der Waals surface area contributed by atoms with Crippen LogP contribution in [0.5, 0.6) is 0 Å². The van der Waals surface area contributed by atoms with E-state index in [0.29, 0.717) is 0 Å². The monoisotopic (exact) mass is 352 g/mol. The summed E-state index contributed by atoms with van der Waals surface area (Å²) < 4.78 is 14.5. The summed E-state index contributed by atoms with van der Waals surface area (Å²) >= 11 is 7.33. The minimum absolute atomic E-state index is 0.0645. The molecule has 0 spiro atoms. The summed E-state index contributed by atoms with van der Waals surface area (Å²) in [5.74, 6) is 5.18. The standard InChI is InChI=1S/C20H30ClOP/c21-23(22,19-7-13-1-14(8-19)3-15(2-13)9-19)20-10-16-4-17(11-20)6-18(5-16)12-20/h13-18H,1-12H2. The summed E-state index contributed by atoms with van der Waals surface area (Å²) in [6.07, 6.45) is 15.9. The van der Waals surface area contributed by atoms with Gasteiger partial charge in [0.15, 0.2) is 6.49 Å². The first-order valence-electron chi connectivity index (χ1n) is 10.3. The van der Waals surface area contributed by atoms with E-state index in [1.807, 2.05) is 0 Å². The molecule has 3 heteroatoms. The molecule has 128 valence electrons.